The molecule has 2 aromatic rings. The van der Waals surface area contributed by atoms with Crippen molar-refractivity contribution in [2.24, 2.45) is 5.73 Å². The Labute approximate surface area is 208 Å². The number of hydrogen-bond acceptors (Lipinski definition) is 5. The maximum atomic E-state index is 13.2. The minimum atomic E-state index is -4.16. The van der Waals surface area contributed by atoms with Crippen LogP contribution in [0, 0.1) is 6.42 Å². The van der Waals surface area contributed by atoms with E-state index in [0.717, 1.165) is 25.8 Å². The quantitative estimate of drug-likeness (QED) is 0.572. The van der Waals surface area contributed by atoms with Crippen LogP contribution in [-0.2, 0) is 21.1 Å². The first-order chi connectivity index (χ1) is 16.8. The number of benzene rings is 2. The van der Waals surface area contributed by atoms with Gasteiger partial charge < -0.3 is 10.6 Å². The predicted octanol–water partition coefficient (Wildman–Crippen LogP) is 3.57. The maximum Gasteiger partial charge on any atom is 0.338 e. The lowest BCUT2D eigenvalue weighted by Crippen LogP contribution is -2.52. The molecule has 7 nitrogen and oxygen atoms in total. The zero-order valence-corrected chi connectivity index (χ0v) is 21.0. The topological polar surface area (TPSA) is 101 Å². The molecule has 2 N–H and O–H groups in total. The predicted molar refractivity (Wildman–Crippen MR) is 135 cm³/mol. The van der Waals surface area contributed by atoms with Crippen molar-refractivity contribution >= 4 is 21.0 Å². The number of sulfone groups is 1. The van der Waals surface area contributed by atoms with E-state index in [4.69, 9.17) is 5.73 Å². The van der Waals surface area contributed by atoms with E-state index in [1.165, 1.54) is 30.5 Å². The number of rotatable bonds is 9. The van der Waals surface area contributed by atoms with E-state index in [1.54, 1.807) is 12.1 Å². The van der Waals surface area contributed by atoms with E-state index in [0.29, 0.717) is 24.2 Å². The summed E-state index contributed by atoms with van der Waals surface area (Å²) in [6, 6.07) is 17.5. The van der Waals surface area contributed by atoms with Crippen molar-refractivity contribution < 1.29 is 18.0 Å². The summed E-state index contributed by atoms with van der Waals surface area (Å²) in [6.45, 7) is 3.72. The molecular formula is C27H34N3O4S. The molecule has 187 valence electrons. The van der Waals surface area contributed by atoms with Crippen molar-refractivity contribution in [1.29, 1.82) is 0 Å². The molecule has 4 rings (SSSR count). The molecule has 2 fully saturated rings. The smallest absolute Gasteiger partial charge is 0.338 e. The molecular weight excluding hydrogens is 462 g/mol. The van der Waals surface area contributed by atoms with Crippen LogP contribution in [0.1, 0.15) is 50.2 Å². The SMILES string of the molecule is CCN(C(=O)Cc1ccc(S(=O)(=O)C(N)=O)cc1)C1CC2CCC(C1)N2CC[CH]c1ccccc1. The fourth-order valence-electron chi connectivity index (χ4n) is 5.65. The highest BCUT2D eigenvalue weighted by Crippen LogP contribution is 2.38. The lowest BCUT2D eigenvalue weighted by molar-refractivity contribution is -0.134. The average Bonchev–Trinajstić information content (AvgIpc) is 3.07. The zero-order chi connectivity index (χ0) is 25.0. The summed E-state index contributed by atoms with van der Waals surface area (Å²) in [5.74, 6) is 0.0493. The first-order valence-electron chi connectivity index (χ1n) is 12.4. The number of piperidine rings is 1. The van der Waals surface area contributed by atoms with E-state index in [9.17, 15) is 18.0 Å². The van der Waals surface area contributed by atoms with Gasteiger partial charge in [0.2, 0.25) is 5.91 Å². The Morgan fingerprint density at radius 2 is 1.66 bits per heavy atom. The number of primary amides is 1. The number of carbonyl (C=O) groups is 2. The molecule has 35 heavy (non-hydrogen) atoms. The van der Waals surface area contributed by atoms with E-state index in [2.05, 4.69) is 35.6 Å². The van der Waals surface area contributed by atoms with Crippen LogP contribution in [0.2, 0.25) is 0 Å². The molecule has 2 unspecified atom stereocenters. The molecule has 1 radical (unpaired) electrons. The summed E-state index contributed by atoms with van der Waals surface area (Å²) in [5.41, 5.74) is 6.94. The van der Waals surface area contributed by atoms with Crippen LogP contribution in [0.5, 0.6) is 0 Å². The minimum Gasteiger partial charge on any atom is -0.356 e. The fourth-order valence-corrected chi connectivity index (χ4v) is 6.38. The molecule has 0 aromatic heterocycles. The van der Waals surface area contributed by atoms with Gasteiger partial charge in [-0.3, -0.25) is 14.5 Å². The maximum absolute atomic E-state index is 13.2. The fraction of sp³-hybridized carbons (Fsp3) is 0.444. The van der Waals surface area contributed by atoms with E-state index in [1.807, 2.05) is 17.9 Å². The second-order valence-electron chi connectivity index (χ2n) is 9.47. The third-order valence-electron chi connectivity index (χ3n) is 7.38. The molecule has 2 atom stereocenters. The van der Waals surface area contributed by atoms with Gasteiger partial charge in [-0.1, -0.05) is 42.5 Å². The third kappa shape index (κ3) is 5.76. The van der Waals surface area contributed by atoms with Crippen molar-refractivity contribution in [2.45, 2.75) is 68.5 Å². The van der Waals surface area contributed by atoms with E-state index >= 15 is 0 Å². The van der Waals surface area contributed by atoms with Crippen LogP contribution in [0.15, 0.2) is 59.5 Å². The molecule has 2 amide bonds. The zero-order valence-electron chi connectivity index (χ0n) is 20.2. The molecule has 2 aromatic carbocycles. The monoisotopic (exact) mass is 496 g/mol. The van der Waals surface area contributed by atoms with Crippen molar-refractivity contribution in [2.75, 3.05) is 13.1 Å². The van der Waals surface area contributed by atoms with Gasteiger partial charge in [0.25, 0.3) is 9.84 Å². The van der Waals surface area contributed by atoms with E-state index in [-0.39, 0.29) is 23.3 Å². The van der Waals surface area contributed by atoms with Crippen molar-refractivity contribution in [1.82, 2.24) is 9.80 Å². The second-order valence-corrected chi connectivity index (χ2v) is 11.4. The van der Waals surface area contributed by atoms with Crippen molar-refractivity contribution in [3.05, 3.63) is 72.1 Å². The molecule has 8 heteroatoms. The Morgan fingerprint density at radius 1 is 1.03 bits per heavy atom. The van der Waals surface area contributed by atoms with Crippen LogP contribution in [0.25, 0.3) is 0 Å². The molecule has 0 saturated carbocycles. The highest BCUT2D eigenvalue weighted by atomic mass is 32.2. The van der Waals surface area contributed by atoms with Gasteiger partial charge in [0.05, 0.1) is 11.3 Å². The number of hydrogen-bond donors (Lipinski definition) is 1. The highest BCUT2D eigenvalue weighted by Gasteiger charge is 2.42. The van der Waals surface area contributed by atoms with Gasteiger partial charge in [0.15, 0.2) is 0 Å². The third-order valence-corrected chi connectivity index (χ3v) is 8.80. The van der Waals surface area contributed by atoms with Gasteiger partial charge in [-0.2, -0.15) is 0 Å². The molecule has 0 spiro atoms. The Bertz CT molecular complexity index is 1120. The minimum absolute atomic E-state index is 0.0493. The first-order valence-corrected chi connectivity index (χ1v) is 13.8. The van der Waals surface area contributed by atoms with Crippen LogP contribution in [0.4, 0.5) is 4.79 Å². The van der Waals surface area contributed by atoms with Crippen LogP contribution >= 0.6 is 0 Å². The second kappa shape index (κ2) is 10.9. The summed E-state index contributed by atoms with van der Waals surface area (Å²) in [7, 11) is -4.16. The summed E-state index contributed by atoms with van der Waals surface area (Å²) in [6.07, 6.45) is 7.90. The number of nitrogens with two attached hydrogens (primary N) is 1. The first kappa shape index (κ1) is 25.4. The average molecular weight is 497 g/mol. The lowest BCUT2D eigenvalue weighted by atomic mass is 9.94. The number of nitrogens with zero attached hydrogens (tertiary/aromatic N) is 2. The Balaban J connectivity index is 1.33. The van der Waals surface area contributed by atoms with E-state index < -0.39 is 15.1 Å². The van der Waals surface area contributed by atoms with Crippen LogP contribution in [0.3, 0.4) is 0 Å². The number of carbonyl (C=O) groups excluding carboxylic acids is 2. The summed E-state index contributed by atoms with van der Waals surface area (Å²) in [5, 5.41) is -1.38. The normalized spacial score (nSPS) is 22.1. The largest absolute Gasteiger partial charge is 0.356 e. The van der Waals surface area contributed by atoms with Crippen LogP contribution < -0.4 is 5.73 Å². The number of amides is 2. The van der Waals surface area contributed by atoms with Gasteiger partial charge in [-0.15, -0.1) is 0 Å². The number of likely N-dealkylation sites (N-methyl/N-ethyl adjacent to an activating group) is 1. The molecule has 2 aliphatic rings. The van der Waals surface area contributed by atoms with Gasteiger partial charge in [0.1, 0.15) is 0 Å². The summed E-state index contributed by atoms with van der Waals surface area (Å²) < 4.78 is 23.8. The Morgan fingerprint density at radius 3 is 2.23 bits per heavy atom. The Kier molecular flexibility index (Phi) is 7.91. The van der Waals surface area contributed by atoms with Gasteiger partial charge >= 0.3 is 5.24 Å². The lowest BCUT2D eigenvalue weighted by Gasteiger charge is -2.43. The Hall–Kier alpha value is -2.71. The summed E-state index contributed by atoms with van der Waals surface area (Å²) >= 11 is 0. The molecule has 0 aliphatic carbocycles. The van der Waals surface area contributed by atoms with Crippen molar-refractivity contribution in [3.63, 3.8) is 0 Å². The molecule has 2 heterocycles. The van der Waals surface area contributed by atoms with Gasteiger partial charge in [-0.05, 0) is 75.3 Å². The highest BCUT2D eigenvalue weighted by molar-refractivity contribution is 8.06. The van der Waals surface area contributed by atoms with Gasteiger partial charge in [-0.25, -0.2) is 8.42 Å². The number of fused-ring (bicyclic) bond motifs is 2. The standard InChI is InChI=1S/C27H34N3O4S/c1-2-29(26(31)17-21-10-14-25(15-11-21)35(33,34)27(28)32)24-18-22-12-13-23(19-24)30(22)16-6-9-20-7-4-3-5-8-20/h3-5,7-11,14-15,22-24H,2,6,12-13,16-19H2,1H3,(H2,28,32). The molecule has 2 aliphatic heterocycles. The van der Waals surface area contributed by atoms with Crippen LogP contribution in [-0.4, -0.2) is 60.6 Å². The van der Waals surface area contributed by atoms with Gasteiger partial charge in [0, 0.05) is 24.7 Å². The van der Waals surface area contributed by atoms with Crippen molar-refractivity contribution in [3.8, 4) is 0 Å². The molecule has 2 bridgehead atoms. The molecule has 2 saturated heterocycles. The summed E-state index contributed by atoms with van der Waals surface area (Å²) in [4.78, 5) is 28.8.